The molecule has 0 aromatic carbocycles. The lowest BCUT2D eigenvalue weighted by Gasteiger charge is -2.19. The number of rotatable bonds is 5. The Labute approximate surface area is 106 Å². The molecule has 0 radical (unpaired) electrons. The number of carbonyl (C=O) groups is 1. The lowest BCUT2D eigenvalue weighted by atomic mass is 10.3. The zero-order valence-corrected chi connectivity index (χ0v) is 11.7. The highest BCUT2D eigenvalue weighted by Crippen LogP contribution is 2.19. The zero-order chi connectivity index (χ0) is 11.3. The van der Waals surface area contributed by atoms with Crippen LogP contribution in [0.25, 0.3) is 0 Å². The predicted octanol–water partition coefficient (Wildman–Crippen LogP) is 3.29. The third kappa shape index (κ3) is 3.34. The van der Waals surface area contributed by atoms with Crippen LogP contribution in [0, 0.1) is 0 Å². The first-order valence-corrected chi connectivity index (χ1v) is 6.70. The minimum Gasteiger partial charge on any atom is -0.457 e. The number of amides is 1. The number of furan rings is 1. The Morgan fingerprint density at radius 3 is 2.80 bits per heavy atom. The summed E-state index contributed by atoms with van der Waals surface area (Å²) < 4.78 is 5.55. The molecule has 5 heteroatoms. The summed E-state index contributed by atoms with van der Waals surface area (Å²) in [4.78, 5) is 13.8. The van der Waals surface area contributed by atoms with Crippen molar-refractivity contribution in [1.82, 2.24) is 4.90 Å². The van der Waals surface area contributed by atoms with Gasteiger partial charge in [0.25, 0.3) is 5.91 Å². The lowest BCUT2D eigenvalue weighted by Crippen LogP contribution is -2.31. The molecule has 84 valence electrons. The van der Waals surface area contributed by atoms with Crippen LogP contribution in [0.2, 0.25) is 0 Å². The van der Waals surface area contributed by atoms with Gasteiger partial charge in [0, 0.05) is 18.4 Å². The van der Waals surface area contributed by atoms with Gasteiger partial charge in [0.2, 0.25) is 0 Å². The summed E-state index contributed by atoms with van der Waals surface area (Å²) in [5.41, 5.74) is 0.589. The first-order chi connectivity index (χ1) is 7.20. The molecule has 0 fully saturated rings. The zero-order valence-electron chi connectivity index (χ0n) is 8.50. The van der Waals surface area contributed by atoms with Gasteiger partial charge in [0.1, 0.15) is 0 Å². The molecule has 1 heterocycles. The summed E-state index contributed by atoms with van der Waals surface area (Å²) in [6.45, 7) is 3.45. The second-order valence-corrected chi connectivity index (χ2v) is 4.55. The number of hydrogen-bond acceptors (Lipinski definition) is 2. The molecule has 0 saturated carbocycles. The van der Waals surface area contributed by atoms with Crippen molar-refractivity contribution >= 4 is 37.8 Å². The van der Waals surface area contributed by atoms with E-state index in [4.69, 9.17) is 4.42 Å². The van der Waals surface area contributed by atoms with E-state index in [1.54, 1.807) is 11.0 Å². The highest BCUT2D eigenvalue weighted by molar-refractivity contribution is 9.10. The summed E-state index contributed by atoms with van der Waals surface area (Å²) in [6, 6.07) is 1.68. The van der Waals surface area contributed by atoms with Crippen molar-refractivity contribution in [3.8, 4) is 0 Å². The summed E-state index contributed by atoms with van der Waals surface area (Å²) >= 11 is 6.56. The highest BCUT2D eigenvalue weighted by atomic mass is 79.9. The molecule has 0 aliphatic heterocycles. The van der Waals surface area contributed by atoms with Gasteiger partial charge in [-0.1, -0.05) is 15.9 Å². The van der Waals surface area contributed by atoms with Gasteiger partial charge in [0.15, 0.2) is 4.67 Å². The van der Waals surface area contributed by atoms with Crippen LogP contribution in [-0.2, 0) is 0 Å². The monoisotopic (exact) mass is 337 g/mol. The summed E-state index contributed by atoms with van der Waals surface area (Å²) in [5, 5.41) is 0.906. The predicted molar refractivity (Wildman–Crippen MR) is 66.4 cm³/mol. The second kappa shape index (κ2) is 6.33. The van der Waals surface area contributed by atoms with Crippen LogP contribution < -0.4 is 0 Å². The maximum absolute atomic E-state index is 12.0. The molecular formula is C10H13Br2NO2. The number of hydrogen-bond donors (Lipinski definition) is 0. The maximum Gasteiger partial charge on any atom is 0.258 e. The Kier molecular flexibility index (Phi) is 5.39. The maximum atomic E-state index is 12.0. The summed E-state index contributed by atoms with van der Waals surface area (Å²) in [6.07, 6.45) is 2.46. The topological polar surface area (TPSA) is 33.5 Å². The summed E-state index contributed by atoms with van der Waals surface area (Å²) in [7, 11) is 0. The largest absolute Gasteiger partial charge is 0.457 e. The third-order valence-electron chi connectivity index (χ3n) is 2.08. The van der Waals surface area contributed by atoms with Gasteiger partial charge < -0.3 is 9.32 Å². The molecule has 3 nitrogen and oxygen atoms in total. The fourth-order valence-electron chi connectivity index (χ4n) is 1.27. The Morgan fingerprint density at radius 1 is 1.60 bits per heavy atom. The third-order valence-corrected chi connectivity index (χ3v) is 3.25. The van der Waals surface area contributed by atoms with Crippen molar-refractivity contribution in [2.45, 2.75) is 13.3 Å². The second-order valence-electron chi connectivity index (χ2n) is 3.04. The fraction of sp³-hybridized carbons (Fsp3) is 0.500. The van der Waals surface area contributed by atoms with E-state index in [0.717, 1.165) is 18.3 Å². The van der Waals surface area contributed by atoms with Gasteiger partial charge in [-0.2, -0.15) is 0 Å². The average Bonchev–Trinajstić information content (AvgIpc) is 2.65. The molecule has 0 aliphatic rings. The van der Waals surface area contributed by atoms with Crippen molar-refractivity contribution in [3.05, 3.63) is 22.6 Å². The quantitative estimate of drug-likeness (QED) is 0.772. The molecular weight excluding hydrogens is 326 g/mol. The van der Waals surface area contributed by atoms with Crippen molar-refractivity contribution in [3.63, 3.8) is 0 Å². The van der Waals surface area contributed by atoms with Crippen LogP contribution >= 0.6 is 31.9 Å². The van der Waals surface area contributed by atoms with Crippen LogP contribution in [0.5, 0.6) is 0 Å². The van der Waals surface area contributed by atoms with E-state index in [-0.39, 0.29) is 5.91 Å². The van der Waals surface area contributed by atoms with E-state index in [1.807, 2.05) is 6.92 Å². The van der Waals surface area contributed by atoms with Gasteiger partial charge in [-0.05, 0) is 35.3 Å². The molecule has 1 aromatic rings. The van der Waals surface area contributed by atoms with Crippen LogP contribution in [0.3, 0.4) is 0 Å². The van der Waals surface area contributed by atoms with Gasteiger partial charge in [-0.15, -0.1) is 0 Å². The van der Waals surface area contributed by atoms with E-state index in [2.05, 4.69) is 31.9 Å². The normalized spacial score (nSPS) is 10.3. The fourth-order valence-corrected chi connectivity index (χ4v) is 1.93. The first-order valence-electron chi connectivity index (χ1n) is 4.79. The molecule has 0 bridgehead atoms. The molecule has 1 aromatic heterocycles. The molecule has 0 atom stereocenters. The minimum absolute atomic E-state index is 0.0130. The SMILES string of the molecule is CCN(CCCBr)C(=O)c1ccoc1Br. The highest BCUT2D eigenvalue weighted by Gasteiger charge is 2.18. The molecule has 0 spiro atoms. The van der Waals surface area contributed by atoms with Crippen LogP contribution in [0.1, 0.15) is 23.7 Å². The Balaban J connectivity index is 2.69. The van der Waals surface area contributed by atoms with Gasteiger partial charge >= 0.3 is 0 Å². The lowest BCUT2D eigenvalue weighted by molar-refractivity contribution is 0.0763. The molecule has 0 N–H and O–H groups in total. The molecule has 1 rings (SSSR count). The van der Waals surface area contributed by atoms with Crippen molar-refractivity contribution in [1.29, 1.82) is 0 Å². The minimum atomic E-state index is 0.0130. The number of alkyl halides is 1. The van der Waals surface area contributed by atoms with Crippen LogP contribution in [0.15, 0.2) is 21.4 Å². The summed E-state index contributed by atoms with van der Waals surface area (Å²) in [5.74, 6) is 0.0130. The van der Waals surface area contributed by atoms with Gasteiger partial charge in [0.05, 0.1) is 11.8 Å². The van der Waals surface area contributed by atoms with Crippen molar-refractivity contribution in [2.75, 3.05) is 18.4 Å². The van der Waals surface area contributed by atoms with Crippen molar-refractivity contribution < 1.29 is 9.21 Å². The standard InChI is InChI=1S/C10H13Br2NO2/c1-2-13(6-3-5-11)10(14)8-4-7-15-9(8)12/h4,7H,2-3,5-6H2,1H3. The number of nitrogens with zero attached hydrogens (tertiary/aromatic N) is 1. The van der Waals surface area contributed by atoms with E-state index in [9.17, 15) is 4.79 Å². The first kappa shape index (κ1) is 12.8. The smallest absolute Gasteiger partial charge is 0.258 e. The van der Waals surface area contributed by atoms with Gasteiger partial charge in [-0.25, -0.2) is 0 Å². The molecule has 0 saturated heterocycles. The van der Waals surface area contributed by atoms with E-state index in [0.29, 0.717) is 16.8 Å². The van der Waals surface area contributed by atoms with Crippen LogP contribution in [-0.4, -0.2) is 29.2 Å². The van der Waals surface area contributed by atoms with E-state index >= 15 is 0 Å². The molecule has 15 heavy (non-hydrogen) atoms. The number of carbonyl (C=O) groups excluding carboxylic acids is 1. The molecule has 0 aliphatic carbocycles. The average molecular weight is 339 g/mol. The molecule has 1 amide bonds. The van der Waals surface area contributed by atoms with E-state index in [1.165, 1.54) is 6.26 Å². The number of halogens is 2. The molecule has 0 unspecified atom stereocenters. The van der Waals surface area contributed by atoms with Gasteiger partial charge in [-0.3, -0.25) is 4.79 Å². The Bertz CT molecular complexity index is 325. The Morgan fingerprint density at radius 2 is 2.33 bits per heavy atom. The van der Waals surface area contributed by atoms with E-state index < -0.39 is 0 Å². The van der Waals surface area contributed by atoms with Crippen LogP contribution in [0.4, 0.5) is 0 Å². The Hall–Kier alpha value is -0.290. The van der Waals surface area contributed by atoms with Crippen molar-refractivity contribution in [2.24, 2.45) is 0 Å².